The number of benzene rings is 1. The predicted molar refractivity (Wildman–Crippen MR) is 480 cm³/mol. The van der Waals surface area contributed by atoms with Crippen molar-refractivity contribution in [2.24, 2.45) is 29.6 Å². The summed E-state index contributed by atoms with van der Waals surface area (Å²) in [5.74, 6) is -2.37. The lowest BCUT2D eigenvalue weighted by molar-refractivity contribution is -0.169. The standard InChI is InChI=1S/C95H124N18O15/c1-59-14-10-9-11-15-60(2)80(123-7)48-74-22-17-61(3)86(126-74)85(118)91(120)112-29-13-12-16-75(112)92(121)127-73(47-76(114)63(5)43-64(6)78(116)49-77(115)62(4)42-59)23-19-65-20-24-79(81(45-65)124-8)128-95(122)103-52-67-50-99-93(100-51-67)110-37-35-108(36-38-110)82(117)27-40-125-41-39-107-31-33-109(34-32-107)94-101-54-72(55-102-94)90(119)111-30-26-68-44-66(18-21-70(68)57-111)56-113-89-83(87(96)104-58-105-89)84(106-113)71-46-69-25-28-97-88(69)98-53-71/h9-11,14-15,18,21,25,28,43-44,46,50-51,53-55,58-59,61-63,65,73-75,78-81,86,116H,12-13,16-17,19-20,22-24,26-27,29-42,45,47-49,52,56-57H2,1-8H3,(H,97,98)(H,103,122)(H2,96,104,105)/b11-9+,14-10+,60-15+,64-43+/t59-,61-,62-,63-,65-,73-,74?,75+,78+,79-,80+,81-,86?/m1/s1. The van der Waals surface area contributed by atoms with Gasteiger partial charge in [-0.05, 0) is 149 Å². The van der Waals surface area contributed by atoms with Gasteiger partial charge in [-0.25, -0.2) is 49.2 Å². The first-order valence-corrected chi connectivity index (χ1v) is 45.6. The number of pyridine rings is 1. The number of aromatic nitrogens is 10. The van der Waals surface area contributed by atoms with Crippen LogP contribution in [0.25, 0.3) is 33.3 Å². The van der Waals surface area contributed by atoms with Crippen LogP contribution < -0.4 is 20.9 Å². The minimum atomic E-state index is -1.11. The molecule has 33 heteroatoms. The zero-order valence-electron chi connectivity index (χ0n) is 75.0. The van der Waals surface area contributed by atoms with E-state index in [9.17, 15) is 43.5 Å². The number of alkyl carbamates (subject to hydrolysis) is 1. The Morgan fingerprint density at radius 2 is 1.47 bits per heavy atom. The SMILES string of the molecule is CO[C@H]1CC2CC[C@@H](C)C(O2)C(=O)C(=O)N2CCCC[C@H]2C(=O)O[C@H](CC[C@@H]2CC[C@@H](OC(=O)NCc3cnc(N4CCN(C(=O)CCOCCN5CCN(c6ncc(C(=O)N7CCc8cc(Cn9nc(-c%10cnc%11[nH]ccc%11c%10)c%10c(N)ncnc%109)ccc8C7)cn6)CC5)CC4)nc3)[C@H](OC)C2)CC(=O)[C@H](C)/C=C(\C)[C@@H](O)CC(=O)[C@H](C)C[C@H](C)/C=C/C=C/C=C/1C. The number of nitrogens with one attached hydrogen (secondary N) is 2. The van der Waals surface area contributed by atoms with Crippen LogP contribution in [-0.4, -0.2) is 270 Å². The van der Waals surface area contributed by atoms with Crippen LogP contribution in [0.2, 0.25) is 0 Å². The average molecular weight is 1760 g/mol. The van der Waals surface area contributed by atoms with E-state index in [4.69, 9.17) is 39.3 Å². The second-order valence-corrected chi connectivity index (χ2v) is 35.7. The molecule has 14 rings (SSSR count). The first-order valence-electron chi connectivity index (χ1n) is 45.6. The van der Waals surface area contributed by atoms with Gasteiger partial charge in [-0.1, -0.05) is 82.4 Å². The topological polar surface area (TPSA) is 394 Å². The number of hydrogen-bond donors (Lipinski definition) is 4. The molecule has 2 bridgehead atoms. The Hall–Kier alpha value is -11.1. The molecule has 6 aromatic heterocycles. The number of amides is 4. The number of nitrogen functional groups attached to an aromatic ring is 1. The molecule has 7 aromatic rings. The maximum absolute atomic E-state index is 14.6. The lowest BCUT2D eigenvalue weighted by Gasteiger charge is -2.38. The molecule has 33 nitrogen and oxygen atoms in total. The smallest absolute Gasteiger partial charge is 0.407 e. The largest absolute Gasteiger partial charge is 0.460 e. The van der Waals surface area contributed by atoms with Gasteiger partial charge in [0.05, 0.1) is 61.5 Å². The third-order valence-corrected chi connectivity index (χ3v) is 26.6. The number of aliphatic hydroxyl groups is 1. The van der Waals surface area contributed by atoms with E-state index in [-0.39, 0.29) is 104 Å². The number of aliphatic hydroxyl groups excluding tert-OH is 1. The van der Waals surface area contributed by atoms with Gasteiger partial charge in [-0.2, -0.15) is 5.10 Å². The van der Waals surface area contributed by atoms with Crippen LogP contribution in [0.15, 0.2) is 121 Å². The molecule has 12 heterocycles. The summed E-state index contributed by atoms with van der Waals surface area (Å²) < 4.78 is 38.5. The van der Waals surface area contributed by atoms with Gasteiger partial charge in [0.15, 0.2) is 5.65 Å². The van der Waals surface area contributed by atoms with Crippen molar-refractivity contribution >= 4 is 86.9 Å². The van der Waals surface area contributed by atoms with Crippen LogP contribution in [0, 0.1) is 29.6 Å². The molecule has 1 saturated carbocycles. The lowest BCUT2D eigenvalue weighted by Crippen LogP contribution is -2.55. The Bertz CT molecular complexity index is 5170. The fourth-order valence-corrected chi connectivity index (χ4v) is 18.7. The molecular formula is C95H124N18O15. The van der Waals surface area contributed by atoms with Crippen molar-refractivity contribution in [1.29, 1.82) is 0 Å². The summed E-state index contributed by atoms with van der Waals surface area (Å²) >= 11 is 0. The summed E-state index contributed by atoms with van der Waals surface area (Å²) in [6, 6.07) is 9.26. The van der Waals surface area contributed by atoms with Crippen molar-refractivity contribution < 1.29 is 71.9 Å². The van der Waals surface area contributed by atoms with Gasteiger partial charge in [-0.15, -0.1) is 0 Å². The predicted octanol–water partition coefficient (Wildman–Crippen LogP) is 9.89. The molecule has 1 aliphatic carbocycles. The summed E-state index contributed by atoms with van der Waals surface area (Å²) in [5.41, 5.74) is 15.2. The quantitative estimate of drug-likeness (QED) is 0.0238. The number of ether oxygens (including phenoxy) is 6. The minimum Gasteiger partial charge on any atom is -0.460 e. The summed E-state index contributed by atoms with van der Waals surface area (Å²) in [4.78, 5) is 158. The number of anilines is 3. The molecule has 7 aliphatic rings. The second kappa shape index (κ2) is 43.8. The highest BCUT2D eigenvalue weighted by atomic mass is 16.6. The number of nitrogens with two attached hydrogens (primary N) is 1. The average Bonchev–Trinajstić information content (AvgIpc) is 1.63. The van der Waals surface area contributed by atoms with Crippen molar-refractivity contribution in [2.45, 2.75) is 213 Å². The molecule has 1 aromatic carbocycles. The third-order valence-electron chi connectivity index (χ3n) is 26.6. The third kappa shape index (κ3) is 23.7. The molecule has 128 heavy (non-hydrogen) atoms. The number of esters is 1. The van der Waals surface area contributed by atoms with Crippen LogP contribution in [-0.2, 0) is 83.2 Å². The fourth-order valence-electron chi connectivity index (χ4n) is 18.7. The van der Waals surface area contributed by atoms with Gasteiger partial charge in [0, 0.05) is 184 Å². The van der Waals surface area contributed by atoms with Crippen LogP contribution >= 0.6 is 0 Å². The number of carbonyl (C=O) groups excluding carboxylic acids is 8. The van der Waals surface area contributed by atoms with E-state index in [0.717, 1.165) is 52.9 Å². The lowest BCUT2D eigenvalue weighted by atomic mass is 9.81. The van der Waals surface area contributed by atoms with Crippen molar-refractivity contribution in [1.82, 2.24) is 74.6 Å². The Morgan fingerprint density at radius 3 is 2.23 bits per heavy atom. The summed E-state index contributed by atoms with van der Waals surface area (Å²) in [7, 11) is 3.21. The fraction of sp³-hybridized carbons (Fsp3) is 0.558. The van der Waals surface area contributed by atoms with E-state index in [1.807, 2.05) is 95.8 Å². The molecule has 0 spiro atoms. The Balaban J connectivity index is 0.486. The number of rotatable bonds is 20. The number of hydrogen-bond acceptors (Lipinski definition) is 27. The van der Waals surface area contributed by atoms with Gasteiger partial charge in [0.25, 0.3) is 11.8 Å². The maximum Gasteiger partial charge on any atom is 0.407 e. The monoisotopic (exact) mass is 1760 g/mol. The van der Waals surface area contributed by atoms with E-state index in [0.29, 0.717) is 194 Å². The van der Waals surface area contributed by atoms with Gasteiger partial charge in [0.1, 0.15) is 59.4 Å². The number of piperidine rings is 1. The number of Topliss-reactive ketones (excluding diaryl/α,β-unsaturated/α-hetero) is 3. The van der Waals surface area contributed by atoms with Gasteiger partial charge in [0.2, 0.25) is 23.6 Å². The first-order chi connectivity index (χ1) is 61.9. The number of nitrogens with zero attached hydrogens (tertiary/aromatic N) is 15. The zero-order chi connectivity index (χ0) is 90.1. The Labute approximate surface area is 747 Å². The first kappa shape index (κ1) is 93.1. The number of ketones is 3. The van der Waals surface area contributed by atoms with Crippen LogP contribution in [0.4, 0.5) is 22.5 Å². The number of H-pyrrole nitrogens is 1. The number of allylic oxidation sites excluding steroid dienone is 6. The molecule has 0 radical (unpaired) electrons. The normalized spacial score (nSPS) is 27.0. The second-order valence-electron chi connectivity index (χ2n) is 35.7. The molecule has 5 fully saturated rings. The van der Waals surface area contributed by atoms with E-state index in [1.54, 1.807) is 65.1 Å². The van der Waals surface area contributed by atoms with Crippen LogP contribution in [0.5, 0.6) is 0 Å². The van der Waals surface area contributed by atoms with E-state index in [1.165, 1.54) is 16.8 Å². The van der Waals surface area contributed by atoms with Gasteiger partial charge >= 0.3 is 12.1 Å². The number of methoxy groups -OCH3 is 2. The molecule has 13 atom stereocenters. The number of cyclic esters (lactones) is 1. The van der Waals surface area contributed by atoms with Crippen molar-refractivity contribution in [2.75, 3.05) is 115 Å². The highest BCUT2D eigenvalue weighted by molar-refractivity contribution is 6.38. The molecule has 5 N–H and O–H groups in total. The van der Waals surface area contributed by atoms with Crippen molar-refractivity contribution in [3.05, 3.63) is 149 Å². The van der Waals surface area contributed by atoms with E-state index < -0.39 is 66.2 Å². The maximum atomic E-state index is 14.6. The number of aromatic amines is 1. The Morgan fingerprint density at radius 1 is 0.703 bits per heavy atom. The van der Waals surface area contributed by atoms with Crippen molar-refractivity contribution in [3.8, 4) is 11.3 Å². The molecule has 4 amide bonds. The molecule has 6 aliphatic heterocycles. The number of piperazine rings is 2. The van der Waals surface area contributed by atoms with Gasteiger partial charge < -0.3 is 74.1 Å². The summed E-state index contributed by atoms with van der Waals surface area (Å²) in [6.07, 6.45) is 24.7. The van der Waals surface area contributed by atoms with E-state index in [2.05, 4.69) is 73.2 Å². The van der Waals surface area contributed by atoms with Crippen LogP contribution in [0.3, 0.4) is 0 Å². The molecule has 684 valence electrons. The minimum absolute atomic E-state index is 0.0231. The number of fused-ring (bicyclic) bond motifs is 6. The zero-order valence-corrected chi connectivity index (χ0v) is 75.0. The molecule has 2 unspecified atom stereocenters. The van der Waals surface area contributed by atoms with Crippen molar-refractivity contribution in [3.63, 3.8) is 0 Å². The van der Waals surface area contributed by atoms with Gasteiger partial charge in [-0.3, -0.25) is 33.7 Å². The highest BCUT2D eigenvalue weighted by Crippen LogP contribution is 2.37. The summed E-state index contributed by atoms with van der Waals surface area (Å²) in [5, 5.41) is 20.8. The van der Waals surface area contributed by atoms with E-state index >= 15 is 0 Å². The molecule has 4 saturated heterocycles. The van der Waals surface area contributed by atoms with Crippen LogP contribution in [0.1, 0.15) is 170 Å². The highest BCUT2D eigenvalue weighted by Gasteiger charge is 2.45. The molecular weight excluding hydrogens is 1630 g/mol. The number of carbonyl (C=O) groups is 8. The Kier molecular flexibility index (Phi) is 31.8. The summed E-state index contributed by atoms with van der Waals surface area (Å²) in [6.45, 7) is 19.6.